The first-order valence-electron chi connectivity index (χ1n) is 9.43. The van der Waals surface area contributed by atoms with Gasteiger partial charge in [0.1, 0.15) is 5.75 Å². The number of anilines is 2. The van der Waals surface area contributed by atoms with Crippen LogP contribution in [0, 0.1) is 5.92 Å². The number of para-hydroxylation sites is 1. The number of hydrogen-bond acceptors (Lipinski definition) is 3. The van der Waals surface area contributed by atoms with Gasteiger partial charge in [0.05, 0.1) is 13.0 Å². The summed E-state index contributed by atoms with van der Waals surface area (Å²) in [4.78, 5) is 27.0. The van der Waals surface area contributed by atoms with Crippen molar-refractivity contribution in [3.05, 3.63) is 53.6 Å². The van der Waals surface area contributed by atoms with Crippen molar-refractivity contribution in [2.75, 3.05) is 23.9 Å². The average Bonchev–Trinajstić information content (AvgIpc) is 3.10. The second-order valence-electron chi connectivity index (χ2n) is 6.75. The molecule has 0 bridgehead atoms. The van der Waals surface area contributed by atoms with Crippen LogP contribution in [0.15, 0.2) is 42.5 Å². The molecule has 1 heterocycles. The van der Waals surface area contributed by atoms with Crippen molar-refractivity contribution in [2.45, 2.75) is 33.1 Å². The number of hydrogen-bond donors (Lipinski definition) is 1. The van der Waals surface area contributed by atoms with Crippen LogP contribution in [0.5, 0.6) is 5.75 Å². The molecule has 2 amide bonds. The Balaban J connectivity index is 1.77. The summed E-state index contributed by atoms with van der Waals surface area (Å²) in [6, 6.07) is 13.5. The van der Waals surface area contributed by atoms with Crippen molar-refractivity contribution < 1.29 is 14.3 Å². The first-order chi connectivity index (χ1) is 13.1. The molecule has 0 aliphatic carbocycles. The topological polar surface area (TPSA) is 58.6 Å². The summed E-state index contributed by atoms with van der Waals surface area (Å²) in [6.07, 6.45) is 1.92. The number of amides is 2. The second-order valence-corrected chi connectivity index (χ2v) is 6.75. The molecule has 1 atom stereocenters. The van der Waals surface area contributed by atoms with E-state index in [9.17, 15) is 9.59 Å². The van der Waals surface area contributed by atoms with Gasteiger partial charge in [0.2, 0.25) is 11.8 Å². The molecule has 5 heteroatoms. The minimum absolute atomic E-state index is 0.0390. The van der Waals surface area contributed by atoms with Crippen LogP contribution in [-0.4, -0.2) is 25.5 Å². The summed E-state index contributed by atoms with van der Waals surface area (Å²) >= 11 is 0. The fourth-order valence-corrected chi connectivity index (χ4v) is 3.54. The van der Waals surface area contributed by atoms with Crippen molar-refractivity contribution in [1.82, 2.24) is 0 Å². The molecular formula is C22H26N2O3. The maximum atomic E-state index is 12.9. The van der Waals surface area contributed by atoms with E-state index < -0.39 is 0 Å². The van der Waals surface area contributed by atoms with Gasteiger partial charge < -0.3 is 15.0 Å². The van der Waals surface area contributed by atoms with Crippen molar-refractivity contribution >= 4 is 23.2 Å². The van der Waals surface area contributed by atoms with Crippen molar-refractivity contribution in [3.8, 4) is 5.75 Å². The molecule has 3 rings (SSSR count). The molecule has 0 radical (unpaired) electrons. The van der Waals surface area contributed by atoms with Gasteiger partial charge in [0.15, 0.2) is 0 Å². The van der Waals surface area contributed by atoms with Gasteiger partial charge >= 0.3 is 0 Å². The van der Waals surface area contributed by atoms with Crippen LogP contribution < -0.4 is 15.0 Å². The van der Waals surface area contributed by atoms with E-state index in [-0.39, 0.29) is 24.2 Å². The first kappa shape index (κ1) is 19.0. The van der Waals surface area contributed by atoms with E-state index in [0.29, 0.717) is 12.3 Å². The summed E-state index contributed by atoms with van der Waals surface area (Å²) in [7, 11) is 1.59. The molecule has 2 aromatic carbocycles. The quantitative estimate of drug-likeness (QED) is 0.846. The van der Waals surface area contributed by atoms with E-state index in [0.717, 1.165) is 35.3 Å². The monoisotopic (exact) mass is 366 g/mol. The van der Waals surface area contributed by atoms with Gasteiger partial charge in [-0.25, -0.2) is 0 Å². The molecule has 1 saturated heterocycles. The van der Waals surface area contributed by atoms with E-state index in [1.807, 2.05) is 42.5 Å². The maximum absolute atomic E-state index is 12.9. The third kappa shape index (κ3) is 3.97. The normalized spacial score (nSPS) is 16.5. The summed E-state index contributed by atoms with van der Waals surface area (Å²) in [6.45, 7) is 4.54. The average molecular weight is 366 g/mol. The Morgan fingerprint density at radius 2 is 1.81 bits per heavy atom. The largest absolute Gasteiger partial charge is 0.497 e. The number of nitrogens with one attached hydrogen (secondary N) is 1. The zero-order valence-corrected chi connectivity index (χ0v) is 16.1. The van der Waals surface area contributed by atoms with Gasteiger partial charge in [-0.15, -0.1) is 0 Å². The van der Waals surface area contributed by atoms with Crippen LogP contribution in [0.2, 0.25) is 0 Å². The minimum Gasteiger partial charge on any atom is -0.497 e. The molecule has 0 spiro atoms. The number of ether oxygens (including phenoxy) is 1. The van der Waals surface area contributed by atoms with E-state index in [1.54, 1.807) is 12.0 Å². The number of nitrogens with zero attached hydrogens (tertiary/aromatic N) is 1. The lowest BCUT2D eigenvalue weighted by molar-refractivity contribution is -0.122. The molecule has 2 aromatic rings. The molecule has 5 nitrogen and oxygen atoms in total. The highest BCUT2D eigenvalue weighted by molar-refractivity contribution is 6.04. The van der Waals surface area contributed by atoms with Crippen LogP contribution in [0.25, 0.3) is 0 Å². The zero-order chi connectivity index (χ0) is 19.4. The van der Waals surface area contributed by atoms with Crippen LogP contribution >= 0.6 is 0 Å². The highest BCUT2D eigenvalue weighted by Gasteiger charge is 2.35. The number of carbonyl (C=O) groups is 2. The lowest BCUT2D eigenvalue weighted by Gasteiger charge is -2.19. The second kappa shape index (κ2) is 8.25. The molecule has 0 saturated carbocycles. The van der Waals surface area contributed by atoms with Gasteiger partial charge in [-0.05, 0) is 36.1 Å². The molecule has 1 aliphatic rings. The summed E-state index contributed by atoms with van der Waals surface area (Å²) in [5.41, 5.74) is 3.91. The SMILES string of the molecule is CCc1cccc(CC)c1NC(=O)[C@H]1CC(=O)N(c2cccc(OC)c2)C1. The molecular weight excluding hydrogens is 340 g/mol. The van der Waals surface area contributed by atoms with E-state index >= 15 is 0 Å². The molecule has 0 aromatic heterocycles. The predicted octanol–water partition coefficient (Wildman–Crippen LogP) is 3.81. The van der Waals surface area contributed by atoms with E-state index in [4.69, 9.17) is 4.74 Å². The van der Waals surface area contributed by atoms with Crippen LogP contribution in [0.3, 0.4) is 0 Å². The Hall–Kier alpha value is -2.82. The Kier molecular flexibility index (Phi) is 5.79. The molecule has 1 aliphatic heterocycles. The minimum atomic E-state index is -0.363. The number of methoxy groups -OCH3 is 1. The van der Waals surface area contributed by atoms with Gasteiger partial charge in [0, 0.05) is 30.4 Å². The number of carbonyl (C=O) groups excluding carboxylic acids is 2. The van der Waals surface area contributed by atoms with Crippen molar-refractivity contribution in [1.29, 1.82) is 0 Å². The third-order valence-corrected chi connectivity index (χ3v) is 5.11. The fourth-order valence-electron chi connectivity index (χ4n) is 3.54. The highest BCUT2D eigenvalue weighted by atomic mass is 16.5. The van der Waals surface area contributed by atoms with Gasteiger partial charge in [-0.1, -0.05) is 38.1 Å². The van der Waals surface area contributed by atoms with E-state index in [2.05, 4.69) is 19.2 Å². The number of rotatable bonds is 6. The summed E-state index contributed by atoms with van der Waals surface area (Å²) < 4.78 is 5.24. The lowest BCUT2D eigenvalue weighted by Crippen LogP contribution is -2.28. The highest BCUT2D eigenvalue weighted by Crippen LogP contribution is 2.29. The Morgan fingerprint density at radius 1 is 1.15 bits per heavy atom. The molecule has 1 fully saturated rings. The molecule has 1 N–H and O–H groups in total. The summed E-state index contributed by atoms with van der Waals surface area (Å²) in [5, 5.41) is 3.10. The van der Waals surface area contributed by atoms with Crippen LogP contribution in [0.4, 0.5) is 11.4 Å². The van der Waals surface area contributed by atoms with Gasteiger partial charge in [-0.2, -0.15) is 0 Å². The molecule has 27 heavy (non-hydrogen) atoms. The smallest absolute Gasteiger partial charge is 0.229 e. The Bertz CT molecular complexity index is 825. The van der Waals surface area contributed by atoms with Crippen LogP contribution in [-0.2, 0) is 22.4 Å². The van der Waals surface area contributed by atoms with E-state index in [1.165, 1.54) is 0 Å². The van der Waals surface area contributed by atoms with Crippen molar-refractivity contribution in [3.63, 3.8) is 0 Å². The maximum Gasteiger partial charge on any atom is 0.229 e. The molecule has 142 valence electrons. The lowest BCUT2D eigenvalue weighted by atomic mass is 10.0. The molecule has 0 unspecified atom stereocenters. The number of benzene rings is 2. The third-order valence-electron chi connectivity index (χ3n) is 5.11. The Morgan fingerprint density at radius 3 is 2.44 bits per heavy atom. The van der Waals surface area contributed by atoms with Gasteiger partial charge in [0.25, 0.3) is 0 Å². The predicted molar refractivity (Wildman–Crippen MR) is 107 cm³/mol. The van der Waals surface area contributed by atoms with Crippen molar-refractivity contribution in [2.24, 2.45) is 5.92 Å². The zero-order valence-electron chi connectivity index (χ0n) is 16.1. The summed E-state index contributed by atoms with van der Waals surface area (Å²) in [5.74, 6) is 0.197. The fraction of sp³-hybridized carbons (Fsp3) is 0.364. The van der Waals surface area contributed by atoms with Crippen LogP contribution in [0.1, 0.15) is 31.4 Å². The first-order valence-corrected chi connectivity index (χ1v) is 9.43. The standard InChI is InChI=1S/C22H26N2O3/c1-4-15-8-6-9-16(5-2)21(15)23-22(26)17-12-20(25)24(14-17)18-10-7-11-19(13-18)27-3/h6-11,13,17H,4-5,12,14H2,1-3H3,(H,23,26)/t17-/m0/s1. The number of aryl methyl sites for hydroxylation is 2. The Labute approximate surface area is 160 Å². The van der Waals surface area contributed by atoms with Gasteiger partial charge in [-0.3, -0.25) is 9.59 Å².